The fourth-order valence-electron chi connectivity index (χ4n) is 1.60. The van der Waals surface area contributed by atoms with Crippen LogP contribution in [0.4, 0.5) is 0 Å². The highest BCUT2D eigenvalue weighted by Crippen LogP contribution is 2.22. The van der Waals surface area contributed by atoms with Gasteiger partial charge in [-0.2, -0.15) is 0 Å². The summed E-state index contributed by atoms with van der Waals surface area (Å²) in [6.07, 6.45) is 5.19. The van der Waals surface area contributed by atoms with Crippen molar-refractivity contribution in [3.8, 4) is 11.5 Å². The minimum Gasteiger partial charge on any atom is -0.472 e. The Morgan fingerprint density at radius 1 is 1.35 bits per heavy atom. The maximum Gasteiger partial charge on any atom is 0.251 e. The van der Waals surface area contributed by atoms with Crippen LogP contribution in [0, 0.1) is 0 Å². The van der Waals surface area contributed by atoms with E-state index in [-0.39, 0.29) is 6.04 Å². The van der Waals surface area contributed by atoms with Gasteiger partial charge in [0.25, 0.3) is 5.89 Å². The Hall–Kier alpha value is -1.62. The lowest BCUT2D eigenvalue weighted by Crippen LogP contribution is -2.21. The third-order valence-corrected chi connectivity index (χ3v) is 2.56. The van der Waals surface area contributed by atoms with E-state index in [4.69, 9.17) is 8.83 Å². The van der Waals surface area contributed by atoms with Crippen LogP contribution in [0.1, 0.15) is 38.6 Å². The van der Waals surface area contributed by atoms with E-state index in [1.54, 1.807) is 18.6 Å². The Kier molecular flexibility index (Phi) is 3.93. The van der Waals surface area contributed by atoms with Gasteiger partial charge in [-0.05, 0) is 25.5 Å². The number of furan rings is 1. The minimum atomic E-state index is 0.128. The number of hydrogen-bond donors (Lipinski definition) is 1. The number of rotatable bonds is 6. The monoisotopic (exact) mass is 235 g/mol. The van der Waals surface area contributed by atoms with Crippen LogP contribution >= 0.6 is 0 Å². The molecule has 5 heteroatoms. The summed E-state index contributed by atoms with van der Waals surface area (Å²) in [5, 5.41) is 11.5. The Morgan fingerprint density at radius 3 is 2.88 bits per heavy atom. The second kappa shape index (κ2) is 5.63. The van der Waals surface area contributed by atoms with E-state index in [9.17, 15) is 0 Å². The average molecular weight is 235 g/mol. The van der Waals surface area contributed by atoms with Gasteiger partial charge in [0.05, 0.1) is 17.9 Å². The van der Waals surface area contributed by atoms with Crippen molar-refractivity contribution in [1.82, 2.24) is 15.5 Å². The molecule has 2 aromatic rings. The number of aromatic nitrogens is 2. The fraction of sp³-hybridized carbons (Fsp3) is 0.500. The first-order valence-corrected chi connectivity index (χ1v) is 5.94. The minimum absolute atomic E-state index is 0.128. The Bertz CT molecular complexity index is 436. The van der Waals surface area contributed by atoms with Crippen molar-refractivity contribution in [1.29, 1.82) is 0 Å². The van der Waals surface area contributed by atoms with E-state index >= 15 is 0 Å². The zero-order chi connectivity index (χ0) is 12.1. The van der Waals surface area contributed by atoms with Gasteiger partial charge in [-0.3, -0.25) is 0 Å². The molecule has 2 rings (SSSR count). The van der Waals surface area contributed by atoms with Gasteiger partial charge in [-0.1, -0.05) is 13.8 Å². The van der Waals surface area contributed by atoms with Gasteiger partial charge in [0.15, 0.2) is 0 Å². The lowest BCUT2D eigenvalue weighted by molar-refractivity contribution is 0.396. The molecule has 0 saturated carbocycles. The molecule has 0 aliphatic heterocycles. The summed E-state index contributed by atoms with van der Waals surface area (Å²) < 4.78 is 10.6. The molecule has 0 saturated heterocycles. The summed E-state index contributed by atoms with van der Waals surface area (Å²) in [5.41, 5.74) is 0.814. The SMILES string of the molecule is CCCNC(CC)c1nnc(-c2ccoc2)o1. The normalized spacial score (nSPS) is 12.8. The lowest BCUT2D eigenvalue weighted by atomic mass is 10.2. The van der Waals surface area contributed by atoms with Crippen LogP contribution in [0.5, 0.6) is 0 Å². The smallest absolute Gasteiger partial charge is 0.251 e. The van der Waals surface area contributed by atoms with Gasteiger partial charge >= 0.3 is 0 Å². The summed E-state index contributed by atoms with van der Waals surface area (Å²) >= 11 is 0. The largest absolute Gasteiger partial charge is 0.472 e. The van der Waals surface area contributed by atoms with Gasteiger partial charge < -0.3 is 14.2 Å². The van der Waals surface area contributed by atoms with Crippen LogP contribution in [0.25, 0.3) is 11.5 Å². The maximum absolute atomic E-state index is 5.63. The molecule has 0 bridgehead atoms. The first-order chi connectivity index (χ1) is 8.35. The Balaban J connectivity index is 2.11. The van der Waals surface area contributed by atoms with Gasteiger partial charge in [-0.15, -0.1) is 10.2 Å². The highest BCUT2D eigenvalue weighted by Gasteiger charge is 2.17. The molecule has 1 atom stereocenters. The molecule has 2 heterocycles. The van der Waals surface area contributed by atoms with E-state index in [0.29, 0.717) is 11.8 Å². The number of nitrogens with one attached hydrogen (secondary N) is 1. The van der Waals surface area contributed by atoms with Crippen LogP contribution in [0.15, 0.2) is 27.4 Å². The van der Waals surface area contributed by atoms with E-state index in [1.807, 2.05) is 0 Å². The molecule has 17 heavy (non-hydrogen) atoms. The van der Waals surface area contributed by atoms with Crippen molar-refractivity contribution in [2.75, 3.05) is 6.54 Å². The average Bonchev–Trinajstić information content (AvgIpc) is 3.00. The maximum atomic E-state index is 5.63. The summed E-state index contributed by atoms with van der Waals surface area (Å²) in [6.45, 7) is 5.17. The Morgan fingerprint density at radius 2 is 2.24 bits per heavy atom. The molecule has 0 spiro atoms. The molecular weight excluding hydrogens is 218 g/mol. The third kappa shape index (κ3) is 2.74. The molecule has 0 fully saturated rings. The van der Waals surface area contributed by atoms with Crippen LogP contribution in [-0.2, 0) is 0 Å². The van der Waals surface area contributed by atoms with Crippen molar-refractivity contribution in [2.45, 2.75) is 32.7 Å². The summed E-state index contributed by atoms with van der Waals surface area (Å²) in [5.74, 6) is 1.14. The standard InChI is InChI=1S/C12H17N3O2/c1-3-6-13-10(4-2)12-15-14-11(17-12)9-5-7-16-8-9/h5,7-8,10,13H,3-4,6H2,1-2H3. The molecule has 2 aromatic heterocycles. The predicted octanol–water partition coefficient (Wildman–Crippen LogP) is 2.78. The molecule has 0 aliphatic rings. The predicted molar refractivity (Wildman–Crippen MR) is 63.3 cm³/mol. The molecule has 0 aliphatic carbocycles. The quantitative estimate of drug-likeness (QED) is 0.834. The van der Waals surface area contributed by atoms with Gasteiger partial charge in [0.1, 0.15) is 6.26 Å². The molecule has 1 unspecified atom stereocenters. The summed E-state index contributed by atoms with van der Waals surface area (Å²) in [4.78, 5) is 0. The first kappa shape index (κ1) is 11.9. The second-order valence-electron chi connectivity index (χ2n) is 3.87. The number of hydrogen-bond acceptors (Lipinski definition) is 5. The molecule has 0 amide bonds. The van der Waals surface area contributed by atoms with E-state index < -0.39 is 0 Å². The van der Waals surface area contributed by atoms with E-state index in [2.05, 4.69) is 29.4 Å². The lowest BCUT2D eigenvalue weighted by Gasteiger charge is -2.11. The topological polar surface area (TPSA) is 64.1 Å². The molecule has 92 valence electrons. The molecular formula is C12H17N3O2. The highest BCUT2D eigenvalue weighted by molar-refractivity contribution is 5.49. The fourth-order valence-corrected chi connectivity index (χ4v) is 1.60. The van der Waals surface area contributed by atoms with Crippen molar-refractivity contribution in [3.63, 3.8) is 0 Å². The van der Waals surface area contributed by atoms with Crippen molar-refractivity contribution < 1.29 is 8.83 Å². The van der Waals surface area contributed by atoms with Crippen LogP contribution < -0.4 is 5.32 Å². The van der Waals surface area contributed by atoms with Gasteiger partial charge in [-0.25, -0.2) is 0 Å². The van der Waals surface area contributed by atoms with Crippen LogP contribution in [-0.4, -0.2) is 16.7 Å². The van der Waals surface area contributed by atoms with E-state index in [1.165, 1.54) is 0 Å². The van der Waals surface area contributed by atoms with Crippen molar-refractivity contribution in [3.05, 3.63) is 24.5 Å². The zero-order valence-electron chi connectivity index (χ0n) is 10.1. The van der Waals surface area contributed by atoms with E-state index in [0.717, 1.165) is 24.9 Å². The van der Waals surface area contributed by atoms with Crippen LogP contribution in [0.3, 0.4) is 0 Å². The third-order valence-electron chi connectivity index (χ3n) is 2.56. The zero-order valence-corrected chi connectivity index (χ0v) is 10.1. The summed E-state index contributed by atoms with van der Waals surface area (Å²) in [6, 6.07) is 1.93. The molecule has 0 aromatic carbocycles. The second-order valence-corrected chi connectivity index (χ2v) is 3.87. The Labute approximate surface area is 100 Å². The van der Waals surface area contributed by atoms with Crippen molar-refractivity contribution in [2.24, 2.45) is 0 Å². The van der Waals surface area contributed by atoms with Crippen molar-refractivity contribution >= 4 is 0 Å². The van der Waals surface area contributed by atoms with Gasteiger partial charge in [0.2, 0.25) is 5.89 Å². The molecule has 1 N–H and O–H groups in total. The van der Waals surface area contributed by atoms with Gasteiger partial charge in [0, 0.05) is 0 Å². The number of nitrogens with zero attached hydrogens (tertiary/aromatic N) is 2. The molecule has 0 radical (unpaired) electrons. The molecule has 5 nitrogen and oxygen atoms in total. The highest BCUT2D eigenvalue weighted by atomic mass is 16.4. The summed E-state index contributed by atoms with van der Waals surface area (Å²) in [7, 11) is 0. The van der Waals surface area contributed by atoms with Crippen LogP contribution in [0.2, 0.25) is 0 Å². The first-order valence-electron chi connectivity index (χ1n) is 5.94.